The van der Waals surface area contributed by atoms with Crippen molar-refractivity contribution < 1.29 is 15.0 Å². The molecule has 4 N–H and O–H groups in total. The molecule has 2 fully saturated rings. The summed E-state index contributed by atoms with van der Waals surface area (Å²) in [6.45, 7) is 4.06. The maximum absolute atomic E-state index is 10.9. The number of nitrogens with one attached hydrogen (secondary N) is 2. The molecule has 5 heteroatoms. The second-order valence-electron chi connectivity index (χ2n) is 6.38. The van der Waals surface area contributed by atoms with Gasteiger partial charge in [0.2, 0.25) is 0 Å². The molecule has 0 atom stereocenters. The van der Waals surface area contributed by atoms with Crippen molar-refractivity contribution in [3.63, 3.8) is 0 Å². The van der Waals surface area contributed by atoms with Gasteiger partial charge < -0.3 is 20.8 Å². The number of rotatable bonds is 6. The van der Waals surface area contributed by atoms with Crippen LogP contribution in [-0.2, 0) is 4.79 Å². The average Bonchev–Trinajstić information content (AvgIpc) is 2.33. The Morgan fingerprint density at radius 3 is 2.42 bits per heavy atom. The molecular formula is C14H26N2O3. The molecule has 1 aliphatic carbocycles. The Labute approximate surface area is 114 Å². The Morgan fingerprint density at radius 2 is 2.00 bits per heavy atom. The minimum absolute atomic E-state index is 0.119. The van der Waals surface area contributed by atoms with Crippen LogP contribution < -0.4 is 10.6 Å². The first-order valence-corrected chi connectivity index (χ1v) is 7.37. The van der Waals surface area contributed by atoms with Crippen molar-refractivity contribution in [3.8, 4) is 0 Å². The van der Waals surface area contributed by atoms with Crippen LogP contribution in [0.15, 0.2) is 0 Å². The first-order valence-electron chi connectivity index (χ1n) is 7.37. The molecule has 0 bridgehead atoms. The summed E-state index contributed by atoms with van der Waals surface area (Å²) in [5.74, 6) is -0.0331. The highest BCUT2D eigenvalue weighted by molar-refractivity contribution is 5.68. The Morgan fingerprint density at radius 1 is 1.37 bits per heavy atom. The monoisotopic (exact) mass is 270 g/mol. The van der Waals surface area contributed by atoms with Gasteiger partial charge in [-0.3, -0.25) is 4.79 Å². The molecule has 1 saturated heterocycles. The summed E-state index contributed by atoms with van der Waals surface area (Å²) in [5.41, 5.74) is -1.00. The third-order valence-corrected chi connectivity index (χ3v) is 4.82. The summed E-state index contributed by atoms with van der Waals surface area (Å²) in [6.07, 6.45) is 5.13. The van der Waals surface area contributed by atoms with Crippen molar-refractivity contribution in [2.24, 2.45) is 5.92 Å². The normalized spacial score (nSPS) is 33.7. The number of β-amino-alcohol motifs (C(OH)–C–C–N with tert-alkyl or cyclic N) is 1. The molecule has 0 unspecified atom stereocenters. The minimum Gasteiger partial charge on any atom is -0.481 e. The number of aliphatic hydroxyl groups is 1. The van der Waals surface area contributed by atoms with Crippen LogP contribution in [0.25, 0.3) is 0 Å². The first kappa shape index (κ1) is 14.8. The maximum atomic E-state index is 10.9. The Bertz CT molecular complexity index is 321. The predicted octanol–water partition coefficient (Wildman–Crippen LogP) is 0.724. The standard InChI is InChI=1S/C14H26N2O3/c1-2-11-3-5-14(19,6-4-11)10-16-13(7-12(17)18)8-15-9-13/h11,15-16,19H,2-10H2,1H3,(H,17,18). The lowest BCUT2D eigenvalue weighted by Crippen LogP contribution is -2.70. The summed E-state index contributed by atoms with van der Waals surface area (Å²) in [4.78, 5) is 10.9. The molecule has 110 valence electrons. The number of carboxylic acid groups (broad SMARTS) is 1. The molecule has 0 amide bonds. The van der Waals surface area contributed by atoms with Crippen LogP contribution >= 0.6 is 0 Å². The van der Waals surface area contributed by atoms with Gasteiger partial charge in [0, 0.05) is 19.6 Å². The molecule has 1 aliphatic heterocycles. The highest BCUT2D eigenvalue weighted by Crippen LogP contribution is 2.33. The molecule has 5 nitrogen and oxygen atoms in total. The van der Waals surface area contributed by atoms with Gasteiger partial charge >= 0.3 is 5.97 Å². The largest absolute Gasteiger partial charge is 0.481 e. The van der Waals surface area contributed by atoms with E-state index >= 15 is 0 Å². The van der Waals surface area contributed by atoms with Crippen LogP contribution in [0.1, 0.15) is 45.4 Å². The van der Waals surface area contributed by atoms with E-state index < -0.39 is 11.6 Å². The van der Waals surface area contributed by atoms with E-state index in [2.05, 4.69) is 17.6 Å². The van der Waals surface area contributed by atoms with Crippen molar-refractivity contribution >= 4 is 5.97 Å². The average molecular weight is 270 g/mol. The molecule has 19 heavy (non-hydrogen) atoms. The fourth-order valence-corrected chi connectivity index (χ4v) is 3.18. The zero-order valence-corrected chi connectivity index (χ0v) is 11.7. The van der Waals surface area contributed by atoms with Crippen LogP contribution in [0.3, 0.4) is 0 Å². The lowest BCUT2D eigenvalue weighted by Gasteiger charge is -2.45. The third-order valence-electron chi connectivity index (χ3n) is 4.82. The van der Waals surface area contributed by atoms with Gasteiger partial charge in [0.15, 0.2) is 0 Å². The second-order valence-corrected chi connectivity index (χ2v) is 6.38. The Kier molecular flexibility index (Phi) is 4.48. The number of carboxylic acids is 1. The SMILES string of the molecule is CCC1CCC(O)(CNC2(CC(=O)O)CNC2)CC1. The topological polar surface area (TPSA) is 81.6 Å². The van der Waals surface area contributed by atoms with E-state index in [-0.39, 0.29) is 12.0 Å². The van der Waals surface area contributed by atoms with Crippen LogP contribution in [0, 0.1) is 5.92 Å². The smallest absolute Gasteiger partial charge is 0.305 e. The minimum atomic E-state index is -0.782. The summed E-state index contributed by atoms with van der Waals surface area (Å²) < 4.78 is 0. The van der Waals surface area contributed by atoms with Crippen LogP contribution in [0.4, 0.5) is 0 Å². The van der Waals surface area contributed by atoms with Crippen molar-refractivity contribution in [2.75, 3.05) is 19.6 Å². The van der Waals surface area contributed by atoms with Gasteiger partial charge in [0.1, 0.15) is 0 Å². The van der Waals surface area contributed by atoms with Crippen molar-refractivity contribution in [2.45, 2.75) is 56.6 Å². The van der Waals surface area contributed by atoms with Gasteiger partial charge in [-0.1, -0.05) is 13.3 Å². The van der Waals surface area contributed by atoms with Crippen molar-refractivity contribution in [3.05, 3.63) is 0 Å². The van der Waals surface area contributed by atoms with Gasteiger partial charge in [0.25, 0.3) is 0 Å². The number of hydrogen-bond acceptors (Lipinski definition) is 4. The molecule has 0 aromatic carbocycles. The molecule has 1 saturated carbocycles. The summed E-state index contributed by atoms with van der Waals surface area (Å²) in [7, 11) is 0. The molecule has 0 aromatic heterocycles. The lowest BCUT2D eigenvalue weighted by atomic mass is 9.77. The van der Waals surface area contributed by atoms with E-state index in [9.17, 15) is 9.90 Å². The molecule has 2 aliphatic rings. The van der Waals surface area contributed by atoms with E-state index in [0.29, 0.717) is 19.6 Å². The first-order chi connectivity index (χ1) is 8.97. The van der Waals surface area contributed by atoms with Gasteiger partial charge in [-0.25, -0.2) is 0 Å². The van der Waals surface area contributed by atoms with E-state index in [0.717, 1.165) is 31.6 Å². The molecular weight excluding hydrogens is 244 g/mol. The maximum Gasteiger partial charge on any atom is 0.305 e. The quantitative estimate of drug-likeness (QED) is 0.572. The van der Waals surface area contributed by atoms with Gasteiger partial charge in [0.05, 0.1) is 17.6 Å². The zero-order chi connectivity index (χ0) is 13.9. The summed E-state index contributed by atoms with van der Waals surface area (Å²) >= 11 is 0. The molecule has 0 aromatic rings. The molecule has 0 radical (unpaired) electrons. The summed E-state index contributed by atoms with van der Waals surface area (Å²) in [6, 6.07) is 0. The fourth-order valence-electron chi connectivity index (χ4n) is 3.18. The van der Waals surface area contributed by atoms with Gasteiger partial charge in [-0.2, -0.15) is 0 Å². The third kappa shape index (κ3) is 3.68. The van der Waals surface area contributed by atoms with Crippen LogP contribution in [-0.4, -0.2) is 47.0 Å². The Hall–Kier alpha value is -0.650. The molecule has 1 heterocycles. The van der Waals surface area contributed by atoms with Crippen molar-refractivity contribution in [1.29, 1.82) is 0 Å². The van der Waals surface area contributed by atoms with E-state index in [1.54, 1.807) is 0 Å². The lowest BCUT2D eigenvalue weighted by molar-refractivity contribution is -0.139. The number of hydrogen-bond donors (Lipinski definition) is 4. The van der Waals surface area contributed by atoms with E-state index in [4.69, 9.17) is 5.11 Å². The van der Waals surface area contributed by atoms with Crippen LogP contribution in [0.2, 0.25) is 0 Å². The highest BCUT2D eigenvalue weighted by atomic mass is 16.4. The number of carbonyl (C=O) groups is 1. The van der Waals surface area contributed by atoms with Gasteiger partial charge in [-0.05, 0) is 31.6 Å². The number of aliphatic carboxylic acids is 1. The van der Waals surface area contributed by atoms with Crippen LogP contribution in [0.5, 0.6) is 0 Å². The van der Waals surface area contributed by atoms with Crippen molar-refractivity contribution in [1.82, 2.24) is 10.6 Å². The fraction of sp³-hybridized carbons (Fsp3) is 0.929. The van der Waals surface area contributed by atoms with E-state index in [1.807, 2.05) is 0 Å². The highest BCUT2D eigenvalue weighted by Gasteiger charge is 2.41. The second kappa shape index (κ2) is 5.77. The van der Waals surface area contributed by atoms with Gasteiger partial charge in [-0.15, -0.1) is 0 Å². The Balaban J connectivity index is 1.82. The summed E-state index contributed by atoms with van der Waals surface area (Å²) in [5, 5.41) is 26.0. The zero-order valence-electron chi connectivity index (χ0n) is 11.7. The van der Waals surface area contributed by atoms with E-state index in [1.165, 1.54) is 6.42 Å². The molecule has 0 spiro atoms. The predicted molar refractivity (Wildman–Crippen MR) is 73.1 cm³/mol. The molecule has 2 rings (SSSR count).